The van der Waals surface area contributed by atoms with E-state index in [1.54, 1.807) is 29.2 Å². The predicted octanol–water partition coefficient (Wildman–Crippen LogP) is 3.00. The second kappa shape index (κ2) is 8.56. The van der Waals surface area contributed by atoms with E-state index in [1.807, 2.05) is 6.07 Å². The number of hydrogen-bond acceptors (Lipinski definition) is 5. The van der Waals surface area contributed by atoms with Crippen LogP contribution >= 0.6 is 0 Å². The number of carbonyl (C=O) groups is 2. The Morgan fingerprint density at radius 1 is 0.929 bits per heavy atom. The van der Waals surface area contributed by atoms with Gasteiger partial charge in [0.05, 0.1) is 10.5 Å². The number of hydrogen-bond donors (Lipinski definition) is 0. The molecular weight excluding hydrogens is 378 g/mol. The molecule has 2 aromatic carbocycles. The highest BCUT2D eigenvalue weighted by Crippen LogP contribution is 2.24. The van der Waals surface area contributed by atoms with Gasteiger partial charge in [0.2, 0.25) is 6.10 Å². The van der Waals surface area contributed by atoms with Gasteiger partial charge in [-0.15, -0.1) is 0 Å². The first-order valence-corrected chi connectivity index (χ1v) is 11.1. The standard InChI is InChI=1S/C21H23NO5S/c1-28(25,26)18-12-10-17(11-13-18)21(24)27-19(16-8-4-2-5-9-16)20(23)22-14-6-3-7-15-22/h2,4-5,8-13,19H,3,6-7,14-15H2,1H3/t19-/m1/s1. The maximum absolute atomic E-state index is 13.0. The van der Waals surface area contributed by atoms with Crippen molar-refractivity contribution in [3.05, 3.63) is 65.7 Å². The lowest BCUT2D eigenvalue weighted by Gasteiger charge is -2.30. The molecule has 0 spiro atoms. The SMILES string of the molecule is CS(=O)(=O)c1ccc(C(=O)O[C@@H](C(=O)N2CCCCC2)c2ccccc2)cc1. The molecule has 1 saturated heterocycles. The van der Waals surface area contributed by atoms with Crippen molar-refractivity contribution >= 4 is 21.7 Å². The summed E-state index contributed by atoms with van der Waals surface area (Å²) in [6.45, 7) is 1.31. The summed E-state index contributed by atoms with van der Waals surface area (Å²) in [6.07, 6.45) is 3.04. The Morgan fingerprint density at radius 2 is 1.54 bits per heavy atom. The van der Waals surface area contributed by atoms with Crippen LogP contribution in [0.3, 0.4) is 0 Å². The van der Waals surface area contributed by atoms with Crippen molar-refractivity contribution in [3.8, 4) is 0 Å². The van der Waals surface area contributed by atoms with Gasteiger partial charge in [-0.2, -0.15) is 0 Å². The average Bonchev–Trinajstić information content (AvgIpc) is 2.72. The lowest BCUT2D eigenvalue weighted by Crippen LogP contribution is -2.40. The van der Waals surface area contributed by atoms with E-state index in [0.717, 1.165) is 25.5 Å². The molecule has 1 fully saturated rings. The van der Waals surface area contributed by atoms with Crippen molar-refractivity contribution in [2.24, 2.45) is 0 Å². The summed E-state index contributed by atoms with van der Waals surface area (Å²) in [5.41, 5.74) is 0.805. The van der Waals surface area contributed by atoms with Gasteiger partial charge in [0.25, 0.3) is 5.91 Å². The fourth-order valence-corrected chi connectivity index (χ4v) is 3.81. The maximum Gasteiger partial charge on any atom is 0.339 e. The second-order valence-electron chi connectivity index (χ2n) is 6.88. The molecule has 148 valence electrons. The van der Waals surface area contributed by atoms with Crippen LogP contribution in [0.15, 0.2) is 59.5 Å². The van der Waals surface area contributed by atoms with Crippen LogP contribution in [0, 0.1) is 0 Å². The van der Waals surface area contributed by atoms with Crippen LogP contribution in [0.4, 0.5) is 0 Å². The van der Waals surface area contributed by atoms with Crippen LogP contribution in [-0.2, 0) is 19.4 Å². The molecule has 28 heavy (non-hydrogen) atoms. The van der Waals surface area contributed by atoms with Gasteiger partial charge in [0.1, 0.15) is 0 Å². The van der Waals surface area contributed by atoms with Crippen LogP contribution in [-0.4, -0.2) is 44.5 Å². The Morgan fingerprint density at radius 3 is 2.11 bits per heavy atom. The van der Waals surface area contributed by atoms with Gasteiger partial charge in [-0.25, -0.2) is 13.2 Å². The zero-order valence-corrected chi connectivity index (χ0v) is 16.5. The molecule has 1 amide bonds. The summed E-state index contributed by atoms with van der Waals surface area (Å²) in [5, 5.41) is 0. The third-order valence-corrected chi connectivity index (χ3v) is 5.87. The van der Waals surface area contributed by atoms with E-state index < -0.39 is 21.9 Å². The van der Waals surface area contributed by atoms with Gasteiger partial charge in [0, 0.05) is 24.9 Å². The number of esters is 1. The first kappa shape index (κ1) is 20.1. The number of sulfone groups is 1. The van der Waals surface area contributed by atoms with Crippen molar-refractivity contribution in [3.63, 3.8) is 0 Å². The molecule has 0 N–H and O–H groups in total. The van der Waals surface area contributed by atoms with Crippen LogP contribution in [0.1, 0.15) is 41.3 Å². The minimum atomic E-state index is -3.35. The highest BCUT2D eigenvalue weighted by atomic mass is 32.2. The lowest BCUT2D eigenvalue weighted by molar-refractivity contribution is -0.142. The molecule has 0 radical (unpaired) electrons. The summed E-state index contributed by atoms with van der Waals surface area (Å²) in [5.74, 6) is -0.897. The number of ether oxygens (including phenoxy) is 1. The Bertz CT molecular complexity index is 933. The molecule has 0 aromatic heterocycles. The Hall–Kier alpha value is -2.67. The third kappa shape index (κ3) is 4.78. The number of amides is 1. The zero-order chi connectivity index (χ0) is 20.1. The summed E-state index contributed by atoms with van der Waals surface area (Å²) in [7, 11) is -3.35. The van der Waals surface area contributed by atoms with Gasteiger partial charge in [-0.1, -0.05) is 30.3 Å². The number of nitrogens with zero attached hydrogens (tertiary/aromatic N) is 1. The van der Waals surface area contributed by atoms with E-state index in [1.165, 1.54) is 24.3 Å². The Labute approximate surface area is 165 Å². The van der Waals surface area contributed by atoms with Crippen LogP contribution in [0.25, 0.3) is 0 Å². The molecule has 3 rings (SSSR count). The van der Waals surface area contributed by atoms with E-state index in [4.69, 9.17) is 4.74 Å². The molecule has 0 saturated carbocycles. The highest BCUT2D eigenvalue weighted by molar-refractivity contribution is 7.90. The van der Waals surface area contributed by atoms with Crippen molar-refractivity contribution in [1.29, 1.82) is 0 Å². The molecule has 1 heterocycles. The first-order valence-electron chi connectivity index (χ1n) is 9.21. The Balaban J connectivity index is 1.82. The highest BCUT2D eigenvalue weighted by Gasteiger charge is 2.30. The van der Waals surface area contributed by atoms with E-state index in [9.17, 15) is 18.0 Å². The second-order valence-corrected chi connectivity index (χ2v) is 8.89. The van der Waals surface area contributed by atoms with E-state index >= 15 is 0 Å². The lowest BCUT2D eigenvalue weighted by atomic mass is 10.1. The van der Waals surface area contributed by atoms with Crippen molar-refractivity contribution in [2.75, 3.05) is 19.3 Å². The molecule has 1 aliphatic rings. The molecular formula is C21H23NO5S. The molecule has 1 atom stereocenters. The number of carbonyl (C=O) groups excluding carboxylic acids is 2. The first-order chi connectivity index (χ1) is 13.4. The summed E-state index contributed by atoms with van der Waals surface area (Å²) in [4.78, 5) is 27.5. The van der Waals surface area contributed by atoms with Gasteiger partial charge in [0.15, 0.2) is 9.84 Å². The van der Waals surface area contributed by atoms with Crippen LogP contribution in [0.5, 0.6) is 0 Å². The molecule has 0 unspecified atom stereocenters. The van der Waals surface area contributed by atoms with E-state index in [2.05, 4.69) is 0 Å². The third-order valence-electron chi connectivity index (χ3n) is 4.74. The maximum atomic E-state index is 13.0. The fourth-order valence-electron chi connectivity index (χ4n) is 3.18. The van der Waals surface area contributed by atoms with Gasteiger partial charge < -0.3 is 9.64 Å². The van der Waals surface area contributed by atoms with Gasteiger partial charge >= 0.3 is 5.97 Å². The largest absolute Gasteiger partial charge is 0.444 e. The van der Waals surface area contributed by atoms with Crippen LogP contribution in [0.2, 0.25) is 0 Å². The molecule has 0 aliphatic carbocycles. The topological polar surface area (TPSA) is 80.7 Å². The zero-order valence-electron chi connectivity index (χ0n) is 15.7. The molecule has 6 nitrogen and oxygen atoms in total. The molecule has 1 aliphatic heterocycles. The van der Waals surface area contributed by atoms with Crippen molar-refractivity contribution < 1.29 is 22.7 Å². The van der Waals surface area contributed by atoms with E-state index in [0.29, 0.717) is 18.7 Å². The number of rotatable bonds is 5. The molecule has 2 aromatic rings. The summed E-state index contributed by atoms with van der Waals surface area (Å²) < 4.78 is 28.7. The predicted molar refractivity (Wildman–Crippen MR) is 105 cm³/mol. The van der Waals surface area contributed by atoms with Crippen LogP contribution < -0.4 is 0 Å². The number of likely N-dealkylation sites (tertiary alicyclic amines) is 1. The fraction of sp³-hybridized carbons (Fsp3) is 0.333. The normalized spacial score (nSPS) is 15.7. The number of benzene rings is 2. The Kier molecular flexibility index (Phi) is 6.14. The van der Waals surface area contributed by atoms with E-state index in [-0.39, 0.29) is 16.4 Å². The monoisotopic (exact) mass is 401 g/mol. The smallest absolute Gasteiger partial charge is 0.339 e. The summed E-state index contributed by atoms with van der Waals surface area (Å²) in [6, 6.07) is 14.4. The molecule has 0 bridgehead atoms. The minimum Gasteiger partial charge on any atom is -0.444 e. The minimum absolute atomic E-state index is 0.119. The number of piperidine rings is 1. The van der Waals surface area contributed by atoms with Gasteiger partial charge in [-0.05, 0) is 43.5 Å². The quantitative estimate of drug-likeness (QED) is 0.720. The van der Waals surface area contributed by atoms with Gasteiger partial charge in [-0.3, -0.25) is 4.79 Å². The summed E-state index contributed by atoms with van der Waals surface area (Å²) >= 11 is 0. The van der Waals surface area contributed by atoms with Crippen molar-refractivity contribution in [1.82, 2.24) is 4.90 Å². The average molecular weight is 401 g/mol. The van der Waals surface area contributed by atoms with Crippen molar-refractivity contribution in [2.45, 2.75) is 30.3 Å². The molecule has 7 heteroatoms.